The van der Waals surface area contributed by atoms with Gasteiger partial charge in [0, 0.05) is 24.8 Å². The lowest BCUT2D eigenvalue weighted by Crippen LogP contribution is -2.53. The van der Waals surface area contributed by atoms with Crippen LogP contribution in [0.5, 0.6) is 0 Å². The van der Waals surface area contributed by atoms with Crippen molar-refractivity contribution in [2.24, 2.45) is 5.92 Å². The SMILES string of the molecule is C=CC(P)N1CC(C(SC)C(=C)OC)C1. The lowest BCUT2D eigenvalue weighted by molar-refractivity contribution is 0.0953. The van der Waals surface area contributed by atoms with E-state index in [0.717, 1.165) is 18.8 Å². The second kappa shape index (κ2) is 5.93. The number of nitrogens with zero attached hydrogens (tertiary/aromatic N) is 1. The minimum absolute atomic E-state index is 0.402. The van der Waals surface area contributed by atoms with Gasteiger partial charge in [-0.25, -0.2) is 0 Å². The van der Waals surface area contributed by atoms with Crippen LogP contribution < -0.4 is 0 Å². The highest BCUT2D eigenvalue weighted by Gasteiger charge is 2.36. The predicted octanol–water partition coefficient (Wildman–Crippen LogP) is 2.20. The van der Waals surface area contributed by atoms with Gasteiger partial charge in [-0.05, 0) is 6.26 Å². The van der Waals surface area contributed by atoms with E-state index in [-0.39, 0.29) is 0 Å². The van der Waals surface area contributed by atoms with Crippen LogP contribution in [0.1, 0.15) is 0 Å². The van der Waals surface area contributed by atoms with Gasteiger partial charge in [-0.1, -0.05) is 12.7 Å². The van der Waals surface area contributed by atoms with Crippen molar-refractivity contribution in [3.63, 3.8) is 0 Å². The zero-order valence-electron chi connectivity index (χ0n) is 9.48. The first-order chi connectivity index (χ1) is 7.13. The summed E-state index contributed by atoms with van der Waals surface area (Å²) < 4.78 is 5.22. The van der Waals surface area contributed by atoms with E-state index < -0.39 is 0 Å². The van der Waals surface area contributed by atoms with Crippen LogP contribution in [0.2, 0.25) is 0 Å². The van der Waals surface area contributed by atoms with E-state index in [4.69, 9.17) is 4.74 Å². The largest absolute Gasteiger partial charge is 0.501 e. The number of ether oxygens (including phenoxy) is 1. The molecule has 1 aliphatic heterocycles. The smallest absolute Gasteiger partial charge is 0.102 e. The molecule has 0 aromatic heterocycles. The molecular weight excluding hydrogens is 225 g/mol. The maximum Gasteiger partial charge on any atom is 0.102 e. The molecule has 0 aromatic rings. The maximum atomic E-state index is 5.22. The lowest BCUT2D eigenvalue weighted by atomic mass is 9.95. The quantitative estimate of drug-likeness (QED) is 0.404. The van der Waals surface area contributed by atoms with E-state index in [1.54, 1.807) is 7.11 Å². The van der Waals surface area contributed by atoms with E-state index in [1.807, 2.05) is 17.8 Å². The Balaban J connectivity index is 2.42. The average Bonchev–Trinajstić information content (AvgIpc) is 2.20. The fraction of sp³-hybridized carbons (Fsp3) is 0.636. The molecule has 0 spiro atoms. The zero-order chi connectivity index (χ0) is 11.4. The summed E-state index contributed by atoms with van der Waals surface area (Å²) in [5, 5.41) is 0.424. The topological polar surface area (TPSA) is 12.5 Å². The van der Waals surface area contributed by atoms with Crippen molar-refractivity contribution in [2.45, 2.75) is 11.0 Å². The number of methoxy groups -OCH3 is 1. The van der Waals surface area contributed by atoms with E-state index in [1.165, 1.54) is 0 Å². The Morgan fingerprint density at radius 3 is 2.67 bits per heavy atom. The Kier molecular flexibility index (Phi) is 5.17. The molecular formula is C11H20NOPS. The molecule has 4 heteroatoms. The first kappa shape index (κ1) is 13.1. The Morgan fingerprint density at radius 1 is 1.67 bits per heavy atom. The minimum atomic E-state index is 0.402. The maximum absolute atomic E-state index is 5.22. The van der Waals surface area contributed by atoms with Gasteiger partial charge in [-0.15, -0.1) is 15.8 Å². The molecule has 1 rings (SSSR count). The van der Waals surface area contributed by atoms with Crippen LogP contribution in [0.4, 0.5) is 0 Å². The van der Waals surface area contributed by atoms with Crippen LogP contribution in [-0.4, -0.2) is 42.4 Å². The van der Waals surface area contributed by atoms with Gasteiger partial charge < -0.3 is 4.74 Å². The van der Waals surface area contributed by atoms with Crippen molar-refractivity contribution >= 4 is 21.0 Å². The highest BCUT2D eigenvalue weighted by Crippen LogP contribution is 2.33. The molecule has 0 amide bonds. The second-order valence-corrected chi connectivity index (χ2v) is 5.43. The summed E-state index contributed by atoms with van der Waals surface area (Å²) in [4.78, 5) is 2.38. The van der Waals surface area contributed by atoms with Gasteiger partial charge in [-0.2, -0.15) is 11.8 Å². The lowest BCUT2D eigenvalue weighted by Gasteiger charge is -2.45. The number of rotatable bonds is 6. The monoisotopic (exact) mass is 245 g/mol. The predicted molar refractivity (Wildman–Crippen MR) is 72.2 cm³/mol. The number of thioether (sulfide) groups is 1. The summed E-state index contributed by atoms with van der Waals surface area (Å²) in [5.74, 6) is 1.96. The average molecular weight is 245 g/mol. The number of hydrogen-bond acceptors (Lipinski definition) is 3. The van der Waals surface area contributed by atoms with Gasteiger partial charge in [0.05, 0.1) is 12.4 Å². The molecule has 0 radical (unpaired) electrons. The number of hydrogen-bond donors (Lipinski definition) is 0. The summed E-state index contributed by atoms with van der Waals surface area (Å²) in [6, 6.07) is 0. The molecule has 1 heterocycles. The first-order valence-electron chi connectivity index (χ1n) is 5.01. The van der Waals surface area contributed by atoms with Crippen LogP contribution in [0.15, 0.2) is 25.0 Å². The third-order valence-corrected chi connectivity index (χ3v) is 4.71. The Labute approximate surface area is 99.3 Å². The zero-order valence-corrected chi connectivity index (χ0v) is 11.5. The van der Waals surface area contributed by atoms with Crippen molar-refractivity contribution in [1.29, 1.82) is 0 Å². The van der Waals surface area contributed by atoms with Crippen molar-refractivity contribution in [2.75, 3.05) is 26.5 Å². The van der Waals surface area contributed by atoms with Crippen molar-refractivity contribution in [1.82, 2.24) is 4.90 Å². The molecule has 0 aromatic carbocycles. The van der Waals surface area contributed by atoms with E-state index in [0.29, 0.717) is 17.0 Å². The van der Waals surface area contributed by atoms with Crippen LogP contribution >= 0.6 is 21.0 Å². The van der Waals surface area contributed by atoms with E-state index in [2.05, 4.69) is 33.6 Å². The van der Waals surface area contributed by atoms with Crippen molar-refractivity contribution in [3.05, 3.63) is 25.0 Å². The molecule has 1 aliphatic rings. The van der Waals surface area contributed by atoms with Crippen LogP contribution in [-0.2, 0) is 4.74 Å². The Morgan fingerprint density at radius 2 is 2.27 bits per heavy atom. The molecule has 0 bridgehead atoms. The third kappa shape index (κ3) is 2.99. The Hall–Kier alpha value is 0.0200. The van der Waals surface area contributed by atoms with Crippen LogP contribution in [0.25, 0.3) is 0 Å². The summed E-state index contributed by atoms with van der Waals surface area (Å²) >= 11 is 1.82. The highest BCUT2D eigenvalue weighted by atomic mass is 32.2. The molecule has 0 saturated carbocycles. The van der Waals surface area contributed by atoms with Crippen molar-refractivity contribution < 1.29 is 4.74 Å². The molecule has 1 saturated heterocycles. The van der Waals surface area contributed by atoms with Crippen molar-refractivity contribution in [3.8, 4) is 0 Å². The molecule has 2 nitrogen and oxygen atoms in total. The van der Waals surface area contributed by atoms with Gasteiger partial charge in [0.25, 0.3) is 0 Å². The van der Waals surface area contributed by atoms with Gasteiger partial charge in [0.1, 0.15) is 5.76 Å². The second-order valence-electron chi connectivity index (χ2n) is 3.77. The normalized spacial score (nSPS) is 21.5. The fourth-order valence-electron chi connectivity index (χ4n) is 1.84. The summed E-state index contributed by atoms with van der Waals surface area (Å²) in [5.41, 5.74) is 0. The fourth-order valence-corrected chi connectivity index (χ4v) is 3.00. The first-order valence-corrected chi connectivity index (χ1v) is 6.97. The van der Waals surface area contributed by atoms with Gasteiger partial charge in [0.2, 0.25) is 0 Å². The molecule has 86 valence electrons. The number of likely N-dealkylation sites (tertiary alicyclic amines) is 1. The molecule has 1 fully saturated rings. The summed E-state index contributed by atoms with van der Waals surface area (Å²) in [7, 11) is 4.49. The molecule has 0 N–H and O–H groups in total. The summed E-state index contributed by atoms with van der Waals surface area (Å²) in [6.45, 7) is 9.96. The van der Waals surface area contributed by atoms with Gasteiger partial charge in [0.15, 0.2) is 0 Å². The van der Waals surface area contributed by atoms with E-state index in [9.17, 15) is 0 Å². The standard InChI is InChI=1S/C11H20NOPS/c1-5-10(14)12-6-9(7-12)11(15-4)8(2)13-3/h5,9-11H,1-2,6-7,14H2,3-4H3. The van der Waals surface area contributed by atoms with E-state index >= 15 is 0 Å². The van der Waals surface area contributed by atoms with Crippen LogP contribution in [0, 0.1) is 5.92 Å². The molecule has 3 atom stereocenters. The van der Waals surface area contributed by atoms with Gasteiger partial charge in [-0.3, -0.25) is 4.90 Å². The highest BCUT2D eigenvalue weighted by molar-refractivity contribution is 7.99. The summed E-state index contributed by atoms with van der Waals surface area (Å²) in [6.07, 6.45) is 4.07. The molecule has 15 heavy (non-hydrogen) atoms. The van der Waals surface area contributed by atoms with Crippen LogP contribution in [0.3, 0.4) is 0 Å². The molecule has 0 aliphatic carbocycles. The third-order valence-electron chi connectivity index (χ3n) is 2.86. The molecule has 3 unspecified atom stereocenters. The Bertz CT molecular complexity index is 241. The van der Waals surface area contributed by atoms with Gasteiger partial charge >= 0.3 is 0 Å². The minimum Gasteiger partial charge on any atom is -0.501 e.